The average molecular weight is 236 g/mol. The Morgan fingerprint density at radius 2 is 2.00 bits per heavy atom. The van der Waals surface area contributed by atoms with E-state index in [1.807, 2.05) is 12.1 Å². The van der Waals surface area contributed by atoms with Crippen molar-refractivity contribution in [1.82, 2.24) is 10.2 Å². The summed E-state index contributed by atoms with van der Waals surface area (Å²) in [6, 6.07) is 7.41. The van der Waals surface area contributed by atoms with Crippen molar-refractivity contribution in [2.45, 2.75) is 25.9 Å². The molecule has 94 valence electrons. The van der Waals surface area contributed by atoms with Crippen molar-refractivity contribution in [2.75, 3.05) is 20.1 Å². The standard InChI is InChI=1S/C14H21FN2/c1-3-12-8-16-9-14(12)17(2)10-11-4-6-13(15)7-5-11/h4-7,12,14,16H,3,8-10H2,1-2H3. The Balaban J connectivity index is 1.96. The second kappa shape index (κ2) is 5.61. The van der Waals surface area contributed by atoms with Gasteiger partial charge in [0.2, 0.25) is 0 Å². The van der Waals surface area contributed by atoms with Crippen LogP contribution in [0.1, 0.15) is 18.9 Å². The van der Waals surface area contributed by atoms with Crippen LogP contribution in [-0.2, 0) is 6.54 Å². The molecule has 0 spiro atoms. The first-order valence-electron chi connectivity index (χ1n) is 6.36. The molecule has 1 aliphatic heterocycles. The fourth-order valence-corrected chi connectivity index (χ4v) is 2.65. The Bertz CT molecular complexity index is 350. The van der Waals surface area contributed by atoms with Crippen LogP contribution in [0, 0.1) is 11.7 Å². The Hall–Kier alpha value is -0.930. The van der Waals surface area contributed by atoms with E-state index in [0.717, 1.165) is 25.6 Å². The van der Waals surface area contributed by atoms with Gasteiger partial charge in [0.05, 0.1) is 0 Å². The number of hydrogen-bond acceptors (Lipinski definition) is 2. The molecule has 2 rings (SSSR count). The molecule has 0 amide bonds. The Labute approximate surface area is 103 Å². The van der Waals surface area contributed by atoms with Gasteiger partial charge in [-0.25, -0.2) is 4.39 Å². The molecule has 0 aliphatic carbocycles. The van der Waals surface area contributed by atoms with Crippen LogP contribution in [0.2, 0.25) is 0 Å². The minimum absolute atomic E-state index is 0.162. The molecule has 1 aliphatic rings. The van der Waals surface area contributed by atoms with Crippen molar-refractivity contribution in [1.29, 1.82) is 0 Å². The first-order chi connectivity index (χ1) is 8.20. The molecule has 0 bridgehead atoms. The molecule has 1 aromatic carbocycles. The molecule has 1 aromatic rings. The van der Waals surface area contributed by atoms with Crippen LogP contribution in [0.3, 0.4) is 0 Å². The lowest BCUT2D eigenvalue weighted by Crippen LogP contribution is -2.37. The number of hydrogen-bond donors (Lipinski definition) is 1. The lowest BCUT2D eigenvalue weighted by molar-refractivity contribution is 0.201. The van der Waals surface area contributed by atoms with Crippen molar-refractivity contribution in [3.05, 3.63) is 35.6 Å². The van der Waals surface area contributed by atoms with E-state index in [9.17, 15) is 4.39 Å². The maximum absolute atomic E-state index is 12.8. The van der Waals surface area contributed by atoms with E-state index in [0.29, 0.717) is 6.04 Å². The molecule has 0 aromatic heterocycles. The maximum atomic E-state index is 12.8. The fourth-order valence-electron chi connectivity index (χ4n) is 2.65. The lowest BCUT2D eigenvalue weighted by atomic mass is 9.99. The molecule has 0 radical (unpaired) electrons. The third-order valence-electron chi connectivity index (χ3n) is 3.74. The summed E-state index contributed by atoms with van der Waals surface area (Å²) in [6.07, 6.45) is 1.21. The highest BCUT2D eigenvalue weighted by Crippen LogP contribution is 2.19. The summed E-state index contributed by atoms with van der Waals surface area (Å²) in [5.41, 5.74) is 1.18. The van der Waals surface area contributed by atoms with Gasteiger partial charge >= 0.3 is 0 Å². The van der Waals surface area contributed by atoms with Gasteiger partial charge < -0.3 is 5.32 Å². The lowest BCUT2D eigenvalue weighted by Gasteiger charge is -2.28. The number of rotatable bonds is 4. The highest BCUT2D eigenvalue weighted by atomic mass is 19.1. The molecule has 1 fully saturated rings. The molecule has 2 atom stereocenters. The SMILES string of the molecule is CCC1CNCC1N(C)Cc1ccc(F)cc1. The largest absolute Gasteiger partial charge is 0.315 e. The molecule has 1 saturated heterocycles. The summed E-state index contributed by atoms with van der Waals surface area (Å²) in [6.45, 7) is 5.32. The van der Waals surface area contributed by atoms with Gasteiger partial charge in [-0.3, -0.25) is 4.90 Å². The van der Waals surface area contributed by atoms with E-state index in [-0.39, 0.29) is 5.82 Å². The van der Waals surface area contributed by atoms with Gasteiger partial charge in [-0.05, 0) is 37.2 Å². The van der Waals surface area contributed by atoms with Gasteiger partial charge in [0.15, 0.2) is 0 Å². The van der Waals surface area contributed by atoms with E-state index in [2.05, 4.69) is 24.2 Å². The van der Waals surface area contributed by atoms with E-state index < -0.39 is 0 Å². The molecular formula is C14H21FN2. The van der Waals surface area contributed by atoms with Crippen LogP contribution in [-0.4, -0.2) is 31.1 Å². The molecular weight excluding hydrogens is 215 g/mol. The van der Waals surface area contributed by atoms with Crippen molar-refractivity contribution in [2.24, 2.45) is 5.92 Å². The van der Waals surface area contributed by atoms with Crippen LogP contribution < -0.4 is 5.32 Å². The molecule has 2 unspecified atom stereocenters. The molecule has 1 N–H and O–H groups in total. The normalized spacial score (nSPS) is 24.5. The Kier molecular flexibility index (Phi) is 4.13. The van der Waals surface area contributed by atoms with Crippen LogP contribution >= 0.6 is 0 Å². The van der Waals surface area contributed by atoms with Crippen LogP contribution in [0.25, 0.3) is 0 Å². The number of nitrogens with zero attached hydrogens (tertiary/aromatic N) is 1. The zero-order valence-electron chi connectivity index (χ0n) is 10.6. The summed E-state index contributed by atoms with van der Waals surface area (Å²) < 4.78 is 12.8. The minimum Gasteiger partial charge on any atom is -0.315 e. The minimum atomic E-state index is -0.162. The molecule has 0 saturated carbocycles. The number of nitrogens with one attached hydrogen (secondary N) is 1. The second-order valence-electron chi connectivity index (χ2n) is 4.94. The van der Waals surface area contributed by atoms with Crippen LogP contribution in [0.4, 0.5) is 4.39 Å². The van der Waals surface area contributed by atoms with Crippen molar-refractivity contribution in [3.63, 3.8) is 0 Å². The van der Waals surface area contributed by atoms with Gasteiger partial charge in [0, 0.05) is 19.1 Å². The summed E-state index contributed by atoms with van der Waals surface area (Å²) in [4.78, 5) is 2.38. The topological polar surface area (TPSA) is 15.3 Å². The van der Waals surface area contributed by atoms with E-state index in [1.54, 1.807) is 0 Å². The zero-order valence-corrected chi connectivity index (χ0v) is 10.6. The number of benzene rings is 1. The Morgan fingerprint density at radius 1 is 1.29 bits per heavy atom. The van der Waals surface area contributed by atoms with Gasteiger partial charge in [0.25, 0.3) is 0 Å². The van der Waals surface area contributed by atoms with Gasteiger partial charge in [0.1, 0.15) is 5.82 Å². The summed E-state index contributed by atoms with van der Waals surface area (Å²) in [5.74, 6) is 0.575. The number of likely N-dealkylation sites (N-methyl/N-ethyl adjacent to an activating group) is 1. The summed E-state index contributed by atoms with van der Waals surface area (Å²) in [7, 11) is 2.16. The highest BCUT2D eigenvalue weighted by Gasteiger charge is 2.28. The van der Waals surface area contributed by atoms with Crippen LogP contribution in [0.15, 0.2) is 24.3 Å². The second-order valence-corrected chi connectivity index (χ2v) is 4.94. The van der Waals surface area contributed by atoms with Crippen molar-refractivity contribution < 1.29 is 4.39 Å². The van der Waals surface area contributed by atoms with Gasteiger partial charge in [-0.2, -0.15) is 0 Å². The molecule has 2 nitrogen and oxygen atoms in total. The molecule has 17 heavy (non-hydrogen) atoms. The highest BCUT2D eigenvalue weighted by molar-refractivity contribution is 5.16. The predicted molar refractivity (Wildman–Crippen MR) is 68.3 cm³/mol. The number of halogens is 1. The van der Waals surface area contributed by atoms with Gasteiger partial charge in [-0.1, -0.05) is 25.5 Å². The summed E-state index contributed by atoms with van der Waals surface area (Å²) in [5, 5.41) is 3.45. The van der Waals surface area contributed by atoms with E-state index >= 15 is 0 Å². The third-order valence-corrected chi connectivity index (χ3v) is 3.74. The van der Waals surface area contributed by atoms with E-state index in [4.69, 9.17) is 0 Å². The third kappa shape index (κ3) is 3.05. The van der Waals surface area contributed by atoms with Crippen molar-refractivity contribution in [3.8, 4) is 0 Å². The first kappa shape index (κ1) is 12.5. The van der Waals surface area contributed by atoms with E-state index in [1.165, 1.54) is 24.1 Å². The Morgan fingerprint density at radius 3 is 2.65 bits per heavy atom. The molecule has 1 heterocycles. The first-order valence-corrected chi connectivity index (χ1v) is 6.36. The predicted octanol–water partition coefficient (Wildman–Crippen LogP) is 2.26. The quantitative estimate of drug-likeness (QED) is 0.862. The summed E-state index contributed by atoms with van der Waals surface area (Å²) >= 11 is 0. The maximum Gasteiger partial charge on any atom is 0.123 e. The zero-order chi connectivity index (χ0) is 12.3. The smallest absolute Gasteiger partial charge is 0.123 e. The van der Waals surface area contributed by atoms with Crippen molar-refractivity contribution >= 4 is 0 Å². The van der Waals surface area contributed by atoms with Crippen LogP contribution in [0.5, 0.6) is 0 Å². The van der Waals surface area contributed by atoms with Gasteiger partial charge in [-0.15, -0.1) is 0 Å². The monoisotopic (exact) mass is 236 g/mol. The average Bonchev–Trinajstić information content (AvgIpc) is 2.80. The molecule has 3 heteroatoms. The fraction of sp³-hybridized carbons (Fsp3) is 0.571.